The van der Waals surface area contributed by atoms with E-state index in [0.29, 0.717) is 53.8 Å². The summed E-state index contributed by atoms with van der Waals surface area (Å²) in [5.74, 6) is 0.515. The molecule has 0 radical (unpaired) electrons. The minimum absolute atomic E-state index is 0.189. The number of aromatic nitrogens is 8. The van der Waals surface area contributed by atoms with Gasteiger partial charge in [-0.2, -0.15) is 5.10 Å². The Labute approximate surface area is 232 Å². The van der Waals surface area contributed by atoms with Crippen molar-refractivity contribution in [3.05, 3.63) is 105 Å². The smallest absolute Gasteiger partial charge is 0.254 e. The maximum Gasteiger partial charge on any atom is 0.254 e. The Morgan fingerprint density at radius 2 is 1.87 bits per heavy atom. The van der Waals surface area contributed by atoms with Crippen molar-refractivity contribution >= 4 is 29.1 Å². The average molecular weight is 562 g/mol. The van der Waals surface area contributed by atoms with E-state index in [2.05, 4.69) is 25.4 Å². The Morgan fingerprint density at radius 3 is 2.64 bits per heavy atom. The second-order valence-corrected chi connectivity index (χ2v) is 9.86. The Morgan fingerprint density at radius 1 is 1.03 bits per heavy atom. The number of benzene rings is 2. The predicted octanol–water partition coefficient (Wildman–Crippen LogP) is 3.22. The quantitative estimate of drug-likeness (QED) is 0.312. The summed E-state index contributed by atoms with van der Waals surface area (Å²) in [7, 11) is 0. The monoisotopic (exact) mass is 561 g/mol. The SMILES string of the molecule is O=C([C@H](Cc1ccccc1)n1cnc(-c2cc(Cl)ccc2-n2cc(Cl)nn2)cc1=O)N1CCn2ncnc2C1. The third-order valence-corrected chi connectivity index (χ3v) is 7.01. The maximum atomic E-state index is 13.9. The van der Waals surface area contributed by atoms with Crippen molar-refractivity contribution in [2.75, 3.05) is 6.54 Å². The fourth-order valence-electron chi connectivity index (χ4n) is 4.67. The lowest BCUT2D eigenvalue weighted by Crippen LogP contribution is -2.45. The highest BCUT2D eigenvalue weighted by atomic mass is 35.5. The first kappa shape index (κ1) is 25.0. The maximum absolute atomic E-state index is 13.9. The van der Waals surface area contributed by atoms with Crippen molar-refractivity contribution in [1.29, 1.82) is 0 Å². The molecule has 196 valence electrons. The molecule has 0 saturated heterocycles. The van der Waals surface area contributed by atoms with E-state index in [-0.39, 0.29) is 16.6 Å². The summed E-state index contributed by atoms with van der Waals surface area (Å²) >= 11 is 12.3. The molecule has 0 aliphatic carbocycles. The molecule has 4 heterocycles. The van der Waals surface area contributed by atoms with Crippen LogP contribution in [0.1, 0.15) is 17.4 Å². The van der Waals surface area contributed by atoms with Crippen molar-refractivity contribution in [3.63, 3.8) is 0 Å². The second-order valence-electron chi connectivity index (χ2n) is 9.03. The van der Waals surface area contributed by atoms with Gasteiger partial charge in [0.25, 0.3) is 5.56 Å². The molecule has 6 rings (SSSR count). The van der Waals surface area contributed by atoms with Crippen LogP contribution in [0.15, 0.2) is 78.2 Å². The molecule has 0 unspecified atom stereocenters. The van der Waals surface area contributed by atoms with Crippen LogP contribution in [0.5, 0.6) is 0 Å². The molecule has 0 fully saturated rings. The summed E-state index contributed by atoms with van der Waals surface area (Å²) in [6, 6.07) is 15.3. The zero-order valence-corrected chi connectivity index (χ0v) is 21.9. The zero-order chi connectivity index (χ0) is 26.9. The molecule has 11 nitrogen and oxygen atoms in total. The highest BCUT2D eigenvalue weighted by Gasteiger charge is 2.30. The van der Waals surface area contributed by atoms with Gasteiger partial charge < -0.3 is 4.90 Å². The largest absolute Gasteiger partial charge is 0.331 e. The van der Waals surface area contributed by atoms with Crippen LogP contribution in [0.3, 0.4) is 0 Å². The number of carbonyl (C=O) groups is 1. The van der Waals surface area contributed by atoms with Gasteiger partial charge in [-0.15, -0.1) is 5.10 Å². The Balaban J connectivity index is 1.38. The average Bonchev–Trinajstić information content (AvgIpc) is 3.60. The van der Waals surface area contributed by atoms with E-state index in [1.54, 1.807) is 34.0 Å². The molecule has 0 N–H and O–H groups in total. The summed E-state index contributed by atoms with van der Waals surface area (Å²) in [6.45, 7) is 1.32. The molecular formula is C26H21Cl2N9O2. The van der Waals surface area contributed by atoms with E-state index >= 15 is 0 Å². The Hall–Kier alpha value is -4.35. The number of hydrogen-bond donors (Lipinski definition) is 0. The molecule has 3 aromatic heterocycles. The third kappa shape index (κ3) is 5.06. The van der Waals surface area contributed by atoms with Crippen molar-refractivity contribution in [2.45, 2.75) is 25.6 Å². The highest BCUT2D eigenvalue weighted by molar-refractivity contribution is 6.31. The highest BCUT2D eigenvalue weighted by Crippen LogP contribution is 2.28. The van der Waals surface area contributed by atoms with Crippen LogP contribution in [-0.4, -0.2) is 56.7 Å². The van der Waals surface area contributed by atoms with E-state index in [9.17, 15) is 9.59 Å². The molecule has 1 amide bonds. The first-order valence-corrected chi connectivity index (χ1v) is 12.9. The number of nitrogens with zero attached hydrogens (tertiary/aromatic N) is 9. The van der Waals surface area contributed by atoms with Gasteiger partial charge in [0.05, 0.1) is 37.0 Å². The first-order chi connectivity index (χ1) is 19.0. The fourth-order valence-corrected chi connectivity index (χ4v) is 4.97. The molecule has 0 bridgehead atoms. The molecule has 0 saturated carbocycles. The molecule has 1 atom stereocenters. The lowest BCUT2D eigenvalue weighted by molar-refractivity contribution is -0.136. The number of amides is 1. The minimum Gasteiger partial charge on any atom is -0.331 e. The Bertz CT molecular complexity index is 1710. The normalized spacial score (nSPS) is 13.7. The number of halogens is 2. The van der Waals surface area contributed by atoms with E-state index < -0.39 is 6.04 Å². The molecule has 1 aliphatic heterocycles. The zero-order valence-electron chi connectivity index (χ0n) is 20.4. The van der Waals surface area contributed by atoms with Gasteiger partial charge in [-0.05, 0) is 23.8 Å². The summed E-state index contributed by atoms with van der Waals surface area (Å²) in [6.07, 6.45) is 4.76. The lowest BCUT2D eigenvalue weighted by Gasteiger charge is -2.31. The van der Waals surface area contributed by atoms with Crippen LogP contribution in [0, 0.1) is 0 Å². The summed E-state index contributed by atoms with van der Waals surface area (Å²) < 4.78 is 4.65. The molecule has 5 aromatic rings. The van der Waals surface area contributed by atoms with E-state index in [1.807, 2.05) is 30.3 Å². The van der Waals surface area contributed by atoms with Crippen LogP contribution >= 0.6 is 23.2 Å². The van der Waals surface area contributed by atoms with Crippen molar-refractivity contribution < 1.29 is 4.79 Å². The van der Waals surface area contributed by atoms with Crippen LogP contribution in [0.4, 0.5) is 0 Å². The van der Waals surface area contributed by atoms with Crippen LogP contribution < -0.4 is 5.56 Å². The van der Waals surface area contributed by atoms with Gasteiger partial charge in [0.2, 0.25) is 5.91 Å². The van der Waals surface area contributed by atoms with Crippen LogP contribution in [0.25, 0.3) is 16.9 Å². The molecule has 2 aromatic carbocycles. The van der Waals surface area contributed by atoms with Gasteiger partial charge in [0, 0.05) is 29.6 Å². The second kappa shape index (κ2) is 10.4. The number of fused-ring (bicyclic) bond motifs is 1. The molecule has 0 spiro atoms. The van der Waals surface area contributed by atoms with E-state index in [0.717, 1.165) is 5.56 Å². The van der Waals surface area contributed by atoms with Gasteiger partial charge in [-0.3, -0.25) is 14.2 Å². The molecule has 1 aliphatic rings. The van der Waals surface area contributed by atoms with Crippen molar-refractivity contribution in [1.82, 2.24) is 44.2 Å². The van der Waals surface area contributed by atoms with Gasteiger partial charge in [-0.25, -0.2) is 19.3 Å². The number of rotatable bonds is 6. The summed E-state index contributed by atoms with van der Waals surface area (Å²) in [4.78, 5) is 38.0. The minimum atomic E-state index is -0.802. The summed E-state index contributed by atoms with van der Waals surface area (Å²) in [5, 5.41) is 12.7. The number of hydrogen-bond acceptors (Lipinski definition) is 7. The van der Waals surface area contributed by atoms with Gasteiger partial charge >= 0.3 is 0 Å². The number of carbonyl (C=O) groups excluding carboxylic acids is 1. The lowest BCUT2D eigenvalue weighted by atomic mass is 10.0. The van der Waals surface area contributed by atoms with Crippen molar-refractivity contribution in [3.8, 4) is 16.9 Å². The summed E-state index contributed by atoms with van der Waals surface area (Å²) in [5.41, 5.74) is 2.08. The van der Waals surface area contributed by atoms with E-state index in [1.165, 1.54) is 28.0 Å². The topological polar surface area (TPSA) is 117 Å². The van der Waals surface area contributed by atoms with Crippen LogP contribution in [-0.2, 0) is 24.3 Å². The van der Waals surface area contributed by atoms with Crippen molar-refractivity contribution in [2.24, 2.45) is 0 Å². The van der Waals surface area contributed by atoms with Gasteiger partial charge in [0.1, 0.15) is 18.2 Å². The third-order valence-electron chi connectivity index (χ3n) is 6.60. The molecule has 39 heavy (non-hydrogen) atoms. The van der Waals surface area contributed by atoms with Gasteiger partial charge in [0.15, 0.2) is 5.15 Å². The fraction of sp³-hybridized carbons (Fsp3) is 0.192. The first-order valence-electron chi connectivity index (χ1n) is 12.1. The standard InChI is InChI=1S/C26H21Cl2N9O2/c27-18-6-7-21(37-13-23(28)32-33-37)19(11-18)20-12-25(38)35(16-30-20)22(10-17-4-2-1-3-5-17)26(39)34-8-9-36-24(14-34)29-15-31-36/h1-7,11-13,15-16,22H,8-10,14H2/t22-/m0/s1. The Kier molecular flexibility index (Phi) is 6.67. The predicted molar refractivity (Wildman–Crippen MR) is 143 cm³/mol. The van der Waals surface area contributed by atoms with Gasteiger partial charge in [-0.1, -0.05) is 58.7 Å². The van der Waals surface area contributed by atoms with E-state index in [4.69, 9.17) is 23.2 Å². The molecular weight excluding hydrogens is 541 g/mol. The molecule has 13 heteroatoms. The van der Waals surface area contributed by atoms with Crippen LogP contribution in [0.2, 0.25) is 10.2 Å².